The van der Waals surface area contributed by atoms with Crippen LogP contribution in [-0.2, 0) is 18.3 Å². The van der Waals surface area contributed by atoms with E-state index in [1.807, 2.05) is 21.1 Å². The summed E-state index contributed by atoms with van der Waals surface area (Å²) in [6.07, 6.45) is 26.2. The van der Waals surface area contributed by atoms with E-state index in [9.17, 15) is 14.6 Å². The van der Waals surface area contributed by atoms with Crippen LogP contribution in [0.4, 0.5) is 0 Å². The second kappa shape index (κ2) is 25.9. The molecule has 0 heterocycles. The highest BCUT2D eigenvalue weighted by molar-refractivity contribution is 7.47. The highest BCUT2D eigenvalue weighted by Gasteiger charge is 2.24. The molecule has 0 saturated heterocycles. The molecule has 1 unspecified atom stereocenters. The molecule has 0 rings (SSSR count). The van der Waals surface area contributed by atoms with Crippen molar-refractivity contribution in [2.45, 2.75) is 141 Å². The zero-order chi connectivity index (χ0) is 28.4. The molecule has 0 saturated carbocycles. The van der Waals surface area contributed by atoms with E-state index in [4.69, 9.17) is 13.8 Å². The molecule has 7 nitrogen and oxygen atoms in total. The molecule has 0 fully saturated rings. The number of likely N-dealkylation sites (N-methyl/N-ethyl adjacent to an activating group) is 1. The van der Waals surface area contributed by atoms with Gasteiger partial charge in [-0.25, -0.2) is 4.57 Å². The van der Waals surface area contributed by atoms with Crippen LogP contribution in [0.1, 0.15) is 135 Å². The number of rotatable bonds is 30. The number of quaternary nitrogens is 1. The maximum atomic E-state index is 11.8. The van der Waals surface area contributed by atoms with Gasteiger partial charge in [0.25, 0.3) is 0 Å². The lowest BCUT2D eigenvalue weighted by Crippen LogP contribution is -2.37. The van der Waals surface area contributed by atoms with E-state index in [1.165, 1.54) is 116 Å². The zero-order valence-corrected chi connectivity index (χ0v) is 26.6. The monoisotopic (exact) mass is 566 g/mol. The summed E-state index contributed by atoms with van der Waals surface area (Å²) in [7, 11) is 1.76. The Balaban J connectivity index is 3.31. The van der Waals surface area contributed by atoms with Gasteiger partial charge in [-0.2, -0.15) is 0 Å². The van der Waals surface area contributed by atoms with Gasteiger partial charge in [0.15, 0.2) is 0 Å². The molecule has 38 heavy (non-hydrogen) atoms. The molecule has 0 spiro atoms. The summed E-state index contributed by atoms with van der Waals surface area (Å²) in [6.45, 7) is 3.38. The first kappa shape index (κ1) is 38.0. The lowest BCUT2D eigenvalue weighted by molar-refractivity contribution is -0.870. The van der Waals surface area contributed by atoms with Gasteiger partial charge in [-0.3, -0.25) is 9.05 Å². The van der Waals surface area contributed by atoms with Gasteiger partial charge in [0.2, 0.25) is 0 Å². The molecule has 8 heteroatoms. The van der Waals surface area contributed by atoms with Gasteiger partial charge in [0.1, 0.15) is 19.3 Å². The molecule has 0 aliphatic heterocycles. The van der Waals surface area contributed by atoms with Crippen LogP contribution in [0, 0.1) is 0 Å². The number of hydrogen-bond donors (Lipinski definition) is 2. The van der Waals surface area contributed by atoms with Gasteiger partial charge in [-0.05, 0) is 6.42 Å². The highest BCUT2D eigenvalue weighted by Crippen LogP contribution is 2.43. The zero-order valence-electron chi connectivity index (χ0n) is 25.7. The molecule has 2 N–H and O–H groups in total. The van der Waals surface area contributed by atoms with Crippen molar-refractivity contribution in [2.75, 3.05) is 54.1 Å². The third kappa shape index (κ3) is 30.5. The summed E-state index contributed by atoms with van der Waals surface area (Å²) in [5, 5.41) is 9.89. The van der Waals surface area contributed by atoms with Crippen LogP contribution in [-0.4, -0.2) is 74.7 Å². The number of nitrogens with zero attached hydrogens (tertiary/aromatic N) is 1. The lowest BCUT2D eigenvalue weighted by atomic mass is 10.0. The van der Waals surface area contributed by atoms with Crippen LogP contribution in [0.5, 0.6) is 0 Å². The minimum absolute atomic E-state index is 0.0952. The van der Waals surface area contributed by atoms with Gasteiger partial charge in [0, 0.05) is 6.61 Å². The Bertz CT molecular complexity index is 543. The van der Waals surface area contributed by atoms with E-state index in [0.717, 1.165) is 12.8 Å². The minimum Gasteiger partial charge on any atom is -0.388 e. The normalized spacial score (nSPS) is 14.6. The average Bonchev–Trinajstić information content (AvgIpc) is 2.85. The van der Waals surface area contributed by atoms with Crippen LogP contribution >= 0.6 is 7.82 Å². The maximum Gasteiger partial charge on any atom is 0.472 e. The maximum absolute atomic E-state index is 11.8. The predicted octanol–water partition coefficient (Wildman–Crippen LogP) is 8.03. The van der Waals surface area contributed by atoms with Crippen molar-refractivity contribution in [2.24, 2.45) is 0 Å². The third-order valence-electron chi connectivity index (χ3n) is 6.90. The molecule has 0 aromatic heterocycles. The van der Waals surface area contributed by atoms with Gasteiger partial charge in [0.05, 0.1) is 34.4 Å². The van der Waals surface area contributed by atoms with Gasteiger partial charge in [-0.1, -0.05) is 129 Å². The molecule has 0 bridgehead atoms. The summed E-state index contributed by atoms with van der Waals surface area (Å²) >= 11 is 0. The third-order valence-corrected chi connectivity index (χ3v) is 7.88. The Morgan fingerprint density at radius 3 is 1.39 bits per heavy atom. The Morgan fingerprint density at radius 1 is 0.605 bits per heavy atom. The molecule has 0 amide bonds. The quantitative estimate of drug-likeness (QED) is 0.0520. The summed E-state index contributed by atoms with van der Waals surface area (Å²) in [5.74, 6) is 0. The summed E-state index contributed by atoms with van der Waals surface area (Å²) in [5.41, 5.74) is 0. The number of aliphatic hydroxyl groups excluding tert-OH is 1. The van der Waals surface area contributed by atoms with Crippen LogP contribution < -0.4 is 0 Å². The largest absolute Gasteiger partial charge is 0.472 e. The van der Waals surface area contributed by atoms with Crippen molar-refractivity contribution in [1.29, 1.82) is 0 Å². The molecular formula is C30H65NO6P+. The number of phosphoric ester groups is 1. The fourth-order valence-electron chi connectivity index (χ4n) is 4.37. The van der Waals surface area contributed by atoms with E-state index in [0.29, 0.717) is 17.6 Å². The second-order valence-corrected chi connectivity index (χ2v) is 13.5. The first-order valence-corrected chi connectivity index (χ1v) is 17.3. The van der Waals surface area contributed by atoms with Crippen molar-refractivity contribution in [3.05, 3.63) is 0 Å². The van der Waals surface area contributed by atoms with Crippen LogP contribution in [0.3, 0.4) is 0 Å². The topological polar surface area (TPSA) is 85.2 Å². The first-order valence-electron chi connectivity index (χ1n) is 15.8. The second-order valence-electron chi connectivity index (χ2n) is 12.1. The highest BCUT2D eigenvalue weighted by atomic mass is 31.2. The molecule has 0 aromatic rings. The molecule has 0 radical (unpaired) electrons. The Hall–Kier alpha value is -0.0100. The number of ether oxygens (including phenoxy) is 1. The molecule has 0 aliphatic carbocycles. The van der Waals surface area contributed by atoms with Crippen LogP contribution in [0.15, 0.2) is 0 Å². The Labute approximate surface area is 236 Å². The van der Waals surface area contributed by atoms with Crippen molar-refractivity contribution in [1.82, 2.24) is 0 Å². The molecule has 0 aromatic carbocycles. The van der Waals surface area contributed by atoms with E-state index < -0.39 is 13.9 Å². The molecular weight excluding hydrogens is 501 g/mol. The van der Waals surface area contributed by atoms with E-state index in [2.05, 4.69) is 6.92 Å². The Morgan fingerprint density at radius 2 is 1.00 bits per heavy atom. The van der Waals surface area contributed by atoms with E-state index in [-0.39, 0.29) is 19.8 Å². The Kier molecular flexibility index (Phi) is 25.9. The van der Waals surface area contributed by atoms with Crippen LogP contribution in [0.25, 0.3) is 0 Å². The van der Waals surface area contributed by atoms with Crippen LogP contribution in [0.2, 0.25) is 0 Å². The number of phosphoric acid groups is 1. The SMILES string of the molecule is CCCCCCCCCCCCCCCCCCCCCCOC[C@H](O)COP(=O)(O)OCC[N+](C)(C)C. The van der Waals surface area contributed by atoms with Gasteiger partial charge in [-0.15, -0.1) is 0 Å². The predicted molar refractivity (Wildman–Crippen MR) is 159 cm³/mol. The van der Waals surface area contributed by atoms with Crippen molar-refractivity contribution < 1.29 is 32.8 Å². The molecule has 230 valence electrons. The average molecular weight is 567 g/mol. The summed E-state index contributed by atoms with van der Waals surface area (Å²) in [4.78, 5) is 9.66. The van der Waals surface area contributed by atoms with E-state index in [1.54, 1.807) is 0 Å². The number of unbranched alkanes of at least 4 members (excludes halogenated alkanes) is 19. The van der Waals surface area contributed by atoms with Gasteiger partial charge >= 0.3 is 7.82 Å². The minimum atomic E-state index is -4.14. The van der Waals surface area contributed by atoms with Crippen molar-refractivity contribution >= 4 is 7.82 Å². The number of aliphatic hydroxyl groups is 1. The fourth-order valence-corrected chi connectivity index (χ4v) is 5.12. The summed E-state index contributed by atoms with van der Waals surface area (Å²) in [6, 6.07) is 0. The van der Waals surface area contributed by atoms with Crippen molar-refractivity contribution in [3.8, 4) is 0 Å². The first-order chi connectivity index (χ1) is 18.2. The standard InChI is InChI=1S/C30H64NO6P/c1-5-6-7-8-9-10-11-12-13-14-15-16-17-18-19-20-21-22-23-24-26-35-28-30(32)29-37-38(33,34)36-27-25-31(2,3)4/h30,32H,5-29H2,1-4H3/p+1/t30-/m0/s1. The van der Waals surface area contributed by atoms with Gasteiger partial charge < -0.3 is 19.2 Å². The summed E-state index contributed by atoms with van der Waals surface area (Å²) < 4.78 is 27.7. The molecule has 0 aliphatic rings. The fraction of sp³-hybridized carbons (Fsp3) is 1.00. The lowest BCUT2D eigenvalue weighted by Gasteiger charge is -2.24. The van der Waals surface area contributed by atoms with Crippen molar-refractivity contribution in [3.63, 3.8) is 0 Å². The van der Waals surface area contributed by atoms with E-state index >= 15 is 0 Å². The molecule has 2 atom stereocenters. The smallest absolute Gasteiger partial charge is 0.388 e. The number of hydrogen-bond acceptors (Lipinski definition) is 5.